The van der Waals surface area contributed by atoms with Gasteiger partial charge in [-0.2, -0.15) is 0 Å². The lowest BCUT2D eigenvalue weighted by molar-refractivity contribution is -0.121. The third kappa shape index (κ3) is 5.26. The summed E-state index contributed by atoms with van der Waals surface area (Å²) in [4.78, 5) is 12.9. The normalized spacial score (nSPS) is 12.9. The van der Waals surface area contributed by atoms with Crippen LogP contribution in [0.1, 0.15) is 47.1 Å². The van der Waals surface area contributed by atoms with Crippen LogP contribution in [0.2, 0.25) is 0 Å². The van der Waals surface area contributed by atoms with E-state index in [0.29, 0.717) is 6.42 Å². The molecule has 2 atom stereocenters. The molecule has 0 aliphatic carbocycles. The van der Waals surface area contributed by atoms with Gasteiger partial charge in [-0.1, -0.05) is 72.8 Å². The number of hydrogen-bond donors (Lipinski definition) is 2. The minimum absolute atomic E-state index is 0.0140. The molecule has 29 heavy (non-hydrogen) atoms. The van der Waals surface area contributed by atoms with Crippen molar-refractivity contribution < 1.29 is 9.90 Å². The van der Waals surface area contributed by atoms with Gasteiger partial charge < -0.3 is 10.4 Å². The molecule has 3 nitrogen and oxygen atoms in total. The average Bonchev–Trinajstić information content (AvgIpc) is 2.72. The molecule has 0 fully saturated rings. The fourth-order valence-corrected chi connectivity index (χ4v) is 3.73. The van der Waals surface area contributed by atoms with Crippen molar-refractivity contribution in [3.63, 3.8) is 0 Å². The Bertz CT molecular complexity index is 951. The van der Waals surface area contributed by atoms with E-state index < -0.39 is 0 Å². The number of amides is 1. The van der Waals surface area contributed by atoms with E-state index in [4.69, 9.17) is 0 Å². The fourth-order valence-electron chi connectivity index (χ4n) is 3.73. The highest BCUT2D eigenvalue weighted by Gasteiger charge is 2.23. The van der Waals surface area contributed by atoms with Crippen molar-refractivity contribution in [3.05, 3.63) is 101 Å². The van der Waals surface area contributed by atoms with Crippen LogP contribution in [-0.4, -0.2) is 17.1 Å². The van der Waals surface area contributed by atoms with Crippen LogP contribution in [0.5, 0.6) is 5.75 Å². The standard InChI is InChI=1S/C26H29NO2/c1-18-14-15-23(26(29)20(18)3)24(22-12-8-5-9-13-22)17-25(28)27-19(2)16-21-10-6-4-7-11-21/h4-15,19,24,29H,16-17H2,1-3H3,(H,27,28)/t19-,24+/m1/s1. The van der Waals surface area contributed by atoms with Gasteiger partial charge in [0.05, 0.1) is 0 Å². The zero-order valence-corrected chi connectivity index (χ0v) is 17.4. The first-order valence-corrected chi connectivity index (χ1v) is 10.1. The SMILES string of the molecule is Cc1ccc([C@@H](CC(=O)N[C@H](C)Cc2ccccc2)c2ccccc2)c(O)c1C. The largest absolute Gasteiger partial charge is 0.507 e. The van der Waals surface area contributed by atoms with E-state index >= 15 is 0 Å². The lowest BCUT2D eigenvalue weighted by Gasteiger charge is -2.22. The highest BCUT2D eigenvalue weighted by Crippen LogP contribution is 2.36. The lowest BCUT2D eigenvalue weighted by Crippen LogP contribution is -2.35. The van der Waals surface area contributed by atoms with Gasteiger partial charge in [-0.25, -0.2) is 0 Å². The number of phenolic OH excluding ortho intramolecular Hbond substituents is 1. The molecule has 150 valence electrons. The zero-order valence-electron chi connectivity index (χ0n) is 17.4. The summed E-state index contributed by atoms with van der Waals surface area (Å²) in [5.74, 6) is 0.0725. The van der Waals surface area contributed by atoms with E-state index in [9.17, 15) is 9.90 Å². The molecule has 0 radical (unpaired) electrons. The Morgan fingerprint density at radius 3 is 2.21 bits per heavy atom. The quantitative estimate of drug-likeness (QED) is 0.579. The number of carbonyl (C=O) groups is 1. The average molecular weight is 388 g/mol. The molecule has 1 amide bonds. The maximum absolute atomic E-state index is 12.9. The Morgan fingerprint density at radius 1 is 0.931 bits per heavy atom. The molecule has 0 heterocycles. The summed E-state index contributed by atoms with van der Waals surface area (Å²) >= 11 is 0. The molecule has 0 saturated carbocycles. The number of hydrogen-bond acceptors (Lipinski definition) is 2. The highest BCUT2D eigenvalue weighted by atomic mass is 16.3. The Morgan fingerprint density at radius 2 is 1.55 bits per heavy atom. The minimum atomic E-state index is -0.195. The second-order valence-electron chi connectivity index (χ2n) is 7.77. The van der Waals surface area contributed by atoms with Crippen molar-refractivity contribution in [2.75, 3.05) is 0 Å². The second kappa shape index (κ2) is 9.42. The lowest BCUT2D eigenvalue weighted by atomic mass is 9.86. The molecule has 3 aromatic carbocycles. The minimum Gasteiger partial charge on any atom is -0.507 e. The molecule has 3 heteroatoms. The first-order valence-electron chi connectivity index (χ1n) is 10.1. The molecule has 2 N–H and O–H groups in total. The molecule has 0 unspecified atom stereocenters. The molecular formula is C26H29NO2. The number of benzene rings is 3. The topological polar surface area (TPSA) is 49.3 Å². The predicted octanol–water partition coefficient (Wildman–Crippen LogP) is 5.28. The van der Waals surface area contributed by atoms with Crippen molar-refractivity contribution in [2.24, 2.45) is 0 Å². The maximum Gasteiger partial charge on any atom is 0.221 e. The third-order valence-corrected chi connectivity index (χ3v) is 5.49. The van der Waals surface area contributed by atoms with Gasteiger partial charge in [-0.05, 0) is 49.4 Å². The van der Waals surface area contributed by atoms with Crippen LogP contribution < -0.4 is 5.32 Å². The van der Waals surface area contributed by atoms with Crippen molar-refractivity contribution >= 4 is 5.91 Å². The molecule has 0 bridgehead atoms. The van der Waals surface area contributed by atoms with Crippen LogP contribution in [-0.2, 0) is 11.2 Å². The maximum atomic E-state index is 12.9. The van der Waals surface area contributed by atoms with Gasteiger partial charge in [0.2, 0.25) is 5.91 Å². The molecule has 0 saturated heterocycles. The fraction of sp³-hybridized carbons (Fsp3) is 0.269. The smallest absolute Gasteiger partial charge is 0.221 e. The molecule has 0 spiro atoms. The summed E-state index contributed by atoms with van der Waals surface area (Å²) < 4.78 is 0. The summed E-state index contributed by atoms with van der Waals surface area (Å²) in [6.07, 6.45) is 1.08. The van der Waals surface area contributed by atoms with Crippen molar-refractivity contribution in [1.82, 2.24) is 5.32 Å². The van der Waals surface area contributed by atoms with Gasteiger partial charge >= 0.3 is 0 Å². The van der Waals surface area contributed by atoms with Gasteiger partial charge in [0.25, 0.3) is 0 Å². The number of aromatic hydroxyl groups is 1. The van der Waals surface area contributed by atoms with Crippen molar-refractivity contribution in [3.8, 4) is 5.75 Å². The summed E-state index contributed by atoms with van der Waals surface area (Å²) in [6, 6.07) is 24.1. The number of rotatable bonds is 7. The van der Waals surface area contributed by atoms with E-state index in [0.717, 1.165) is 28.7 Å². The van der Waals surface area contributed by atoms with E-state index in [1.165, 1.54) is 5.56 Å². The number of aryl methyl sites for hydroxylation is 1. The summed E-state index contributed by atoms with van der Waals surface area (Å²) in [5.41, 5.74) is 4.93. The van der Waals surface area contributed by atoms with E-state index in [1.807, 2.05) is 81.4 Å². The molecular weight excluding hydrogens is 358 g/mol. The van der Waals surface area contributed by atoms with Gasteiger partial charge in [-0.15, -0.1) is 0 Å². The summed E-state index contributed by atoms with van der Waals surface area (Å²) in [6.45, 7) is 5.92. The van der Waals surface area contributed by atoms with E-state index in [1.54, 1.807) is 0 Å². The van der Waals surface area contributed by atoms with Crippen molar-refractivity contribution in [2.45, 2.75) is 45.6 Å². The Balaban J connectivity index is 1.79. The summed E-state index contributed by atoms with van der Waals surface area (Å²) in [5, 5.41) is 13.9. The molecule has 3 rings (SSSR count). The Kier molecular flexibility index (Phi) is 6.71. The molecule has 3 aromatic rings. The summed E-state index contributed by atoms with van der Waals surface area (Å²) in [7, 11) is 0. The second-order valence-corrected chi connectivity index (χ2v) is 7.77. The van der Waals surface area contributed by atoms with E-state index in [2.05, 4.69) is 17.4 Å². The number of nitrogens with one attached hydrogen (secondary N) is 1. The highest BCUT2D eigenvalue weighted by molar-refractivity contribution is 5.78. The van der Waals surface area contributed by atoms with Crippen LogP contribution in [0.15, 0.2) is 72.8 Å². The van der Waals surface area contributed by atoms with Gasteiger partial charge in [0.15, 0.2) is 0 Å². The Labute approximate surface area is 173 Å². The zero-order chi connectivity index (χ0) is 20.8. The van der Waals surface area contributed by atoms with Gasteiger partial charge in [0, 0.05) is 23.9 Å². The van der Waals surface area contributed by atoms with Crippen LogP contribution in [0, 0.1) is 13.8 Å². The monoisotopic (exact) mass is 387 g/mol. The third-order valence-electron chi connectivity index (χ3n) is 5.49. The number of phenols is 1. The number of carbonyl (C=O) groups excluding carboxylic acids is 1. The van der Waals surface area contributed by atoms with Crippen LogP contribution >= 0.6 is 0 Å². The first kappa shape index (κ1) is 20.7. The van der Waals surface area contributed by atoms with E-state index in [-0.39, 0.29) is 23.6 Å². The molecule has 0 aliphatic rings. The Hall–Kier alpha value is -3.07. The van der Waals surface area contributed by atoms with Gasteiger partial charge in [0.1, 0.15) is 5.75 Å². The van der Waals surface area contributed by atoms with Crippen LogP contribution in [0.4, 0.5) is 0 Å². The predicted molar refractivity (Wildman–Crippen MR) is 118 cm³/mol. The van der Waals surface area contributed by atoms with Crippen LogP contribution in [0.3, 0.4) is 0 Å². The molecule has 0 aliphatic heterocycles. The molecule has 0 aromatic heterocycles. The first-order chi connectivity index (χ1) is 14.0. The van der Waals surface area contributed by atoms with Crippen LogP contribution in [0.25, 0.3) is 0 Å². The van der Waals surface area contributed by atoms with Gasteiger partial charge in [-0.3, -0.25) is 4.79 Å². The van der Waals surface area contributed by atoms with Crippen molar-refractivity contribution in [1.29, 1.82) is 0 Å².